The average Bonchev–Trinajstić information content (AvgIpc) is 3.62. The molecule has 256 valence electrons. The SMILES string of the molecule is C1CCOCC1.C1CCOCC1.C1CCOCC1.C1CCOCC1.C1CCOCC1.C1CCOCC1.Cc1cc[c-]s1.[Ca+2].[I-]. The van der Waals surface area contributed by atoms with Crippen LogP contribution in [0.4, 0.5) is 0 Å². The topological polar surface area (TPSA) is 55.4 Å². The van der Waals surface area contributed by atoms with Crippen molar-refractivity contribution in [3.05, 3.63) is 22.4 Å². The number of ether oxygens (including phenoxy) is 6. The van der Waals surface area contributed by atoms with Crippen LogP contribution in [0.25, 0.3) is 0 Å². The summed E-state index contributed by atoms with van der Waals surface area (Å²) in [5, 5.41) is 2.97. The van der Waals surface area contributed by atoms with Gasteiger partial charge in [0, 0.05) is 79.3 Å². The summed E-state index contributed by atoms with van der Waals surface area (Å²) < 4.78 is 30.4. The normalized spacial score (nSPS) is 20.8. The van der Waals surface area contributed by atoms with E-state index in [0.29, 0.717) is 0 Å². The molecule has 0 saturated carbocycles. The molecule has 6 aliphatic rings. The third-order valence-electron chi connectivity index (χ3n) is 7.07. The van der Waals surface area contributed by atoms with Crippen molar-refractivity contribution in [2.45, 2.75) is 122 Å². The van der Waals surface area contributed by atoms with Gasteiger partial charge in [0.05, 0.1) is 0 Å². The summed E-state index contributed by atoms with van der Waals surface area (Å²) in [6.45, 7) is 14.1. The Morgan fingerprint density at radius 2 is 0.614 bits per heavy atom. The fourth-order valence-corrected chi connectivity index (χ4v) is 4.89. The zero-order valence-electron chi connectivity index (χ0n) is 28.3. The minimum atomic E-state index is 0. The van der Waals surface area contributed by atoms with Crippen LogP contribution < -0.4 is 24.0 Å². The van der Waals surface area contributed by atoms with E-state index in [1.807, 2.05) is 12.1 Å². The molecule has 6 fully saturated rings. The minimum absolute atomic E-state index is 0. The quantitative estimate of drug-likeness (QED) is 0.194. The molecule has 1 aromatic rings. The van der Waals surface area contributed by atoms with E-state index in [-0.39, 0.29) is 61.7 Å². The van der Waals surface area contributed by atoms with Gasteiger partial charge in [-0.25, -0.2) is 6.07 Å². The molecule has 0 radical (unpaired) electrons. The molecule has 0 amide bonds. The molecule has 6 saturated heterocycles. The van der Waals surface area contributed by atoms with Crippen LogP contribution in [0.1, 0.15) is 120 Å². The van der Waals surface area contributed by atoms with Gasteiger partial charge in [0.25, 0.3) is 0 Å². The molecule has 9 heteroatoms. The zero-order chi connectivity index (χ0) is 29.9. The summed E-state index contributed by atoms with van der Waals surface area (Å²) in [6, 6.07) is 3.98. The molecule has 0 unspecified atom stereocenters. The molecule has 0 spiro atoms. The van der Waals surface area contributed by atoms with Crippen LogP contribution in [-0.4, -0.2) is 117 Å². The molecule has 7 heterocycles. The number of thiophene rings is 1. The molecule has 1 aromatic heterocycles. The van der Waals surface area contributed by atoms with Crippen LogP contribution >= 0.6 is 11.3 Å². The second-order valence-corrected chi connectivity index (χ2v) is 12.3. The molecule has 0 aliphatic carbocycles. The maximum absolute atomic E-state index is 5.07. The third kappa shape index (κ3) is 39.6. The molecule has 0 aromatic carbocycles. The Balaban J connectivity index is 0. The second kappa shape index (κ2) is 42.5. The predicted molar refractivity (Wildman–Crippen MR) is 182 cm³/mol. The van der Waals surface area contributed by atoms with E-state index in [1.54, 1.807) is 11.3 Å². The van der Waals surface area contributed by atoms with Crippen molar-refractivity contribution in [3.8, 4) is 0 Å². The van der Waals surface area contributed by atoms with E-state index in [4.69, 9.17) is 28.4 Å². The van der Waals surface area contributed by atoms with E-state index in [2.05, 4.69) is 12.3 Å². The van der Waals surface area contributed by atoms with Crippen LogP contribution in [0.15, 0.2) is 12.1 Å². The van der Waals surface area contributed by atoms with Crippen LogP contribution in [0, 0.1) is 12.3 Å². The van der Waals surface area contributed by atoms with Gasteiger partial charge in [0.1, 0.15) is 0 Å². The molecular weight excluding hydrogens is 715 g/mol. The minimum Gasteiger partial charge on any atom is -1.00 e. The Hall–Kier alpha value is 1.45. The largest absolute Gasteiger partial charge is 2.00 e. The van der Waals surface area contributed by atoms with Gasteiger partial charge in [-0.05, 0) is 116 Å². The summed E-state index contributed by atoms with van der Waals surface area (Å²) in [5.74, 6) is 0. The van der Waals surface area contributed by atoms with Crippen LogP contribution in [0.2, 0.25) is 0 Å². The van der Waals surface area contributed by atoms with E-state index >= 15 is 0 Å². The smallest absolute Gasteiger partial charge is 1.00 e. The number of hydrogen-bond donors (Lipinski definition) is 0. The standard InChI is InChI=1S/6C5H10O.C5H5S.Ca.HI/c6*1-2-4-6-5-3-1;1-5-3-2-4-6-5;;/h6*1-5H2;2-3H,1H3;;1H/q;;;;;;-1;+2;/p-1. The molecule has 7 rings (SSSR count). The van der Waals surface area contributed by atoms with Gasteiger partial charge < -0.3 is 63.7 Å². The van der Waals surface area contributed by atoms with Crippen molar-refractivity contribution in [2.75, 3.05) is 79.3 Å². The first-order chi connectivity index (χ1) is 20.9. The van der Waals surface area contributed by atoms with Crippen molar-refractivity contribution in [2.24, 2.45) is 0 Å². The Bertz CT molecular complexity index is 428. The van der Waals surface area contributed by atoms with E-state index < -0.39 is 0 Å². The van der Waals surface area contributed by atoms with Crippen molar-refractivity contribution in [3.63, 3.8) is 0 Å². The van der Waals surface area contributed by atoms with Crippen LogP contribution in [0.3, 0.4) is 0 Å². The van der Waals surface area contributed by atoms with Gasteiger partial charge in [-0.3, -0.25) is 0 Å². The first kappa shape index (κ1) is 47.6. The van der Waals surface area contributed by atoms with Gasteiger partial charge >= 0.3 is 37.7 Å². The number of aryl methyl sites for hydroxylation is 1. The number of rotatable bonds is 0. The maximum atomic E-state index is 5.07. The summed E-state index contributed by atoms with van der Waals surface area (Å²) in [7, 11) is 0. The third-order valence-corrected chi connectivity index (χ3v) is 7.78. The van der Waals surface area contributed by atoms with Crippen LogP contribution in [-0.2, 0) is 28.4 Å². The van der Waals surface area contributed by atoms with Crippen LogP contribution in [0.5, 0.6) is 0 Å². The van der Waals surface area contributed by atoms with E-state index in [1.165, 1.54) is 120 Å². The molecule has 6 nitrogen and oxygen atoms in total. The maximum Gasteiger partial charge on any atom is 2.00 e. The first-order valence-electron chi connectivity index (χ1n) is 17.3. The first-order valence-corrected chi connectivity index (χ1v) is 18.1. The van der Waals surface area contributed by atoms with Gasteiger partial charge in [-0.15, -0.1) is 5.38 Å². The van der Waals surface area contributed by atoms with Crippen molar-refractivity contribution in [1.29, 1.82) is 0 Å². The number of halogens is 1. The predicted octanol–water partition coefficient (Wildman–Crippen LogP) is 5.60. The summed E-state index contributed by atoms with van der Waals surface area (Å²) in [6.07, 6.45) is 23.6. The molecule has 44 heavy (non-hydrogen) atoms. The van der Waals surface area contributed by atoms with Crippen molar-refractivity contribution in [1.82, 2.24) is 0 Å². The monoisotopic (exact) mass is 780 g/mol. The molecule has 0 atom stereocenters. The van der Waals surface area contributed by atoms with E-state index in [0.717, 1.165) is 79.3 Å². The second-order valence-electron chi connectivity index (χ2n) is 11.2. The Labute approximate surface area is 322 Å². The van der Waals surface area contributed by atoms with Gasteiger partial charge in [-0.1, -0.05) is 6.92 Å². The Morgan fingerprint density at radius 1 is 0.409 bits per heavy atom. The zero-order valence-corrected chi connectivity index (χ0v) is 33.5. The average molecular weight is 781 g/mol. The van der Waals surface area contributed by atoms with E-state index in [9.17, 15) is 0 Å². The summed E-state index contributed by atoms with van der Waals surface area (Å²) >= 11 is 1.65. The molecule has 0 bridgehead atoms. The fourth-order valence-electron chi connectivity index (χ4n) is 4.43. The molecule has 0 N–H and O–H groups in total. The summed E-state index contributed by atoms with van der Waals surface area (Å²) in [5.41, 5.74) is 0. The van der Waals surface area contributed by atoms with Gasteiger partial charge in [0.2, 0.25) is 0 Å². The number of hydrogen-bond acceptors (Lipinski definition) is 7. The summed E-state index contributed by atoms with van der Waals surface area (Å²) in [4.78, 5) is 1.33. The van der Waals surface area contributed by atoms with Crippen molar-refractivity contribution < 1.29 is 52.4 Å². The van der Waals surface area contributed by atoms with Gasteiger partial charge in [-0.2, -0.15) is 10.9 Å². The molecule has 6 aliphatic heterocycles. The van der Waals surface area contributed by atoms with Gasteiger partial charge in [0.15, 0.2) is 0 Å². The molecular formula is C35H65CaIO6S. The Morgan fingerprint density at radius 3 is 0.659 bits per heavy atom. The fraction of sp³-hybridized carbons (Fsp3) is 0.886. The Kier molecular flexibility index (Phi) is 45.9. The van der Waals surface area contributed by atoms with Crippen molar-refractivity contribution >= 4 is 49.1 Å².